The number of carbonyl (C=O) groups is 1. The molecule has 5 heteroatoms. The van der Waals surface area contributed by atoms with E-state index in [2.05, 4.69) is 0 Å². The predicted molar refractivity (Wildman–Crippen MR) is 44.6 cm³/mol. The average Bonchev–Trinajstić information content (AvgIpc) is 2.05. The van der Waals surface area contributed by atoms with Crippen LogP contribution in [0.5, 0.6) is 0 Å². The van der Waals surface area contributed by atoms with E-state index in [4.69, 9.17) is 15.2 Å². The van der Waals surface area contributed by atoms with Gasteiger partial charge in [-0.05, 0) is 6.92 Å². The summed E-state index contributed by atoms with van der Waals surface area (Å²) in [4.78, 5) is 12.1. The number of nitrogens with two attached hydrogens (primary N) is 1. The second-order valence-electron chi connectivity index (χ2n) is 2.53. The lowest BCUT2D eigenvalue weighted by atomic mass is 10.3. The average molecular weight is 176 g/mol. The fourth-order valence-electron chi connectivity index (χ4n) is 0.873. The van der Waals surface area contributed by atoms with Crippen molar-refractivity contribution in [2.75, 3.05) is 21.3 Å². The molecule has 72 valence electrons. The Labute approximate surface area is 72.4 Å². The first-order chi connectivity index (χ1) is 5.54. The maximum absolute atomic E-state index is 10.7. The van der Waals surface area contributed by atoms with Gasteiger partial charge >= 0.3 is 6.03 Å². The minimum atomic E-state index is -0.499. The number of carbonyl (C=O) groups excluding carboxylic acids is 1. The molecule has 0 saturated heterocycles. The van der Waals surface area contributed by atoms with E-state index >= 15 is 0 Å². The summed E-state index contributed by atoms with van der Waals surface area (Å²) in [5, 5.41) is 0. The fraction of sp³-hybridized carbons (Fsp3) is 0.857. The van der Waals surface area contributed by atoms with Gasteiger partial charge in [0.15, 0.2) is 6.29 Å². The summed E-state index contributed by atoms with van der Waals surface area (Å²) in [7, 11) is 4.62. The summed E-state index contributed by atoms with van der Waals surface area (Å²) < 4.78 is 9.92. The molecule has 0 radical (unpaired) electrons. The molecule has 0 fully saturated rings. The van der Waals surface area contributed by atoms with Gasteiger partial charge in [-0.1, -0.05) is 0 Å². The number of methoxy groups -OCH3 is 2. The van der Waals surface area contributed by atoms with Crippen LogP contribution in [0.1, 0.15) is 6.92 Å². The second kappa shape index (κ2) is 4.95. The molecule has 0 aromatic rings. The molecule has 5 nitrogen and oxygen atoms in total. The van der Waals surface area contributed by atoms with Crippen LogP contribution >= 0.6 is 0 Å². The van der Waals surface area contributed by atoms with Crippen LogP contribution in [0, 0.1) is 0 Å². The van der Waals surface area contributed by atoms with E-state index in [1.807, 2.05) is 0 Å². The Kier molecular flexibility index (Phi) is 4.61. The van der Waals surface area contributed by atoms with Gasteiger partial charge in [0, 0.05) is 21.3 Å². The number of hydrogen-bond acceptors (Lipinski definition) is 3. The van der Waals surface area contributed by atoms with E-state index in [1.54, 1.807) is 14.0 Å². The molecule has 0 saturated carbocycles. The number of ether oxygens (including phenoxy) is 2. The molecular weight excluding hydrogens is 160 g/mol. The van der Waals surface area contributed by atoms with Gasteiger partial charge in [0.2, 0.25) is 0 Å². The summed E-state index contributed by atoms with van der Waals surface area (Å²) in [5.74, 6) is 0. The molecule has 12 heavy (non-hydrogen) atoms. The third-order valence-corrected chi connectivity index (χ3v) is 1.82. The van der Waals surface area contributed by atoms with Crippen LogP contribution in [-0.4, -0.2) is 44.5 Å². The predicted octanol–water partition coefficient (Wildman–Crippen LogP) is 0.00430. The maximum atomic E-state index is 10.7. The van der Waals surface area contributed by atoms with Crippen LogP contribution < -0.4 is 5.73 Å². The SMILES string of the molecule is COC(OC)C(C)N(C)C(N)=O. The molecule has 1 atom stereocenters. The van der Waals surface area contributed by atoms with Crippen molar-refractivity contribution in [1.29, 1.82) is 0 Å². The Hall–Kier alpha value is -0.810. The lowest BCUT2D eigenvalue weighted by molar-refractivity contribution is -0.133. The van der Waals surface area contributed by atoms with Gasteiger partial charge in [0.1, 0.15) is 0 Å². The van der Waals surface area contributed by atoms with Crippen molar-refractivity contribution in [1.82, 2.24) is 4.90 Å². The smallest absolute Gasteiger partial charge is 0.314 e. The van der Waals surface area contributed by atoms with E-state index in [1.165, 1.54) is 19.1 Å². The van der Waals surface area contributed by atoms with Gasteiger partial charge < -0.3 is 20.1 Å². The van der Waals surface area contributed by atoms with Crippen LogP contribution in [0.15, 0.2) is 0 Å². The minimum Gasteiger partial charge on any atom is -0.354 e. The standard InChI is InChI=1S/C7H16N2O3/c1-5(6(11-3)12-4)9(2)7(8)10/h5-6H,1-4H3,(H2,8,10). The van der Waals surface area contributed by atoms with E-state index in [9.17, 15) is 4.79 Å². The minimum absolute atomic E-state index is 0.197. The molecule has 0 aromatic carbocycles. The summed E-state index contributed by atoms with van der Waals surface area (Å²) >= 11 is 0. The number of rotatable bonds is 4. The molecule has 0 spiro atoms. The number of likely N-dealkylation sites (N-methyl/N-ethyl adjacent to an activating group) is 1. The molecule has 2 N–H and O–H groups in total. The van der Waals surface area contributed by atoms with Crippen molar-refractivity contribution in [3.8, 4) is 0 Å². The quantitative estimate of drug-likeness (QED) is 0.613. The van der Waals surface area contributed by atoms with Crippen molar-refractivity contribution in [3.63, 3.8) is 0 Å². The van der Waals surface area contributed by atoms with Gasteiger partial charge in [-0.25, -0.2) is 4.79 Å². The number of nitrogens with zero attached hydrogens (tertiary/aromatic N) is 1. The molecule has 0 aliphatic heterocycles. The first-order valence-corrected chi connectivity index (χ1v) is 3.62. The van der Waals surface area contributed by atoms with Crippen LogP contribution in [0.4, 0.5) is 4.79 Å². The fourth-order valence-corrected chi connectivity index (χ4v) is 0.873. The zero-order valence-corrected chi connectivity index (χ0v) is 7.90. The molecule has 0 aromatic heterocycles. The Bertz CT molecular complexity index is 148. The second-order valence-corrected chi connectivity index (χ2v) is 2.53. The Morgan fingerprint density at radius 1 is 1.42 bits per heavy atom. The molecule has 2 amide bonds. The largest absolute Gasteiger partial charge is 0.354 e. The van der Waals surface area contributed by atoms with E-state index < -0.39 is 12.3 Å². The Balaban J connectivity index is 4.14. The van der Waals surface area contributed by atoms with Crippen LogP contribution in [-0.2, 0) is 9.47 Å². The third-order valence-electron chi connectivity index (χ3n) is 1.82. The highest BCUT2D eigenvalue weighted by molar-refractivity contribution is 5.71. The van der Waals surface area contributed by atoms with E-state index in [0.29, 0.717) is 0 Å². The highest BCUT2D eigenvalue weighted by atomic mass is 16.7. The van der Waals surface area contributed by atoms with Gasteiger partial charge in [0.25, 0.3) is 0 Å². The first-order valence-electron chi connectivity index (χ1n) is 3.62. The third kappa shape index (κ3) is 2.67. The number of urea groups is 1. The highest BCUT2D eigenvalue weighted by Gasteiger charge is 2.22. The Morgan fingerprint density at radius 2 is 1.83 bits per heavy atom. The lowest BCUT2D eigenvalue weighted by Crippen LogP contribution is -2.46. The van der Waals surface area contributed by atoms with Crippen molar-refractivity contribution in [2.24, 2.45) is 5.73 Å². The van der Waals surface area contributed by atoms with Crippen LogP contribution in [0.3, 0.4) is 0 Å². The molecular formula is C7H16N2O3. The molecule has 0 aliphatic carbocycles. The topological polar surface area (TPSA) is 64.8 Å². The highest BCUT2D eigenvalue weighted by Crippen LogP contribution is 2.05. The number of primary amides is 1. The normalized spacial score (nSPS) is 13.1. The maximum Gasteiger partial charge on any atom is 0.314 e. The van der Waals surface area contributed by atoms with Gasteiger partial charge in [-0.2, -0.15) is 0 Å². The Morgan fingerprint density at radius 3 is 2.08 bits per heavy atom. The van der Waals surface area contributed by atoms with Gasteiger partial charge in [-0.15, -0.1) is 0 Å². The summed E-state index contributed by atoms with van der Waals surface area (Å²) in [5.41, 5.74) is 5.06. The van der Waals surface area contributed by atoms with Crippen molar-refractivity contribution in [3.05, 3.63) is 0 Å². The van der Waals surface area contributed by atoms with E-state index in [-0.39, 0.29) is 6.04 Å². The monoisotopic (exact) mass is 176 g/mol. The summed E-state index contributed by atoms with van der Waals surface area (Å²) in [6.45, 7) is 1.79. The van der Waals surface area contributed by atoms with Gasteiger partial charge in [-0.3, -0.25) is 0 Å². The molecule has 0 bridgehead atoms. The first kappa shape index (κ1) is 11.2. The summed E-state index contributed by atoms with van der Waals surface area (Å²) in [6.07, 6.45) is -0.442. The summed E-state index contributed by atoms with van der Waals surface area (Å²) in [6, 6.07) is -0.695. The zero-order valence-electron chi connectivity index (χ0n) is 7.90. The van der Waals surface area contributed by atoms with Crippen molar-refractivity contribution >= 4 is 6.03 Å². The molecule has 1 unspecified atom stereocenters. The van der Waals surface area contributed by atoms with Gasteiger partial charge in [0.05, 0.1) is 6.04 Å². The lowest BCUT2D eigenvalue weighted by Gasteiger charge is -2.28. The van der Waals surface area contributed by atoms with Crippen molar-refractivity contribution < 1.29 is 14.3 Å². The van der Waals surface area contributed by atoms with Crippen LogP contribution in [0.2, 0.25) is 0 Å². The molecule has 0 heterocycles. The number of hydrogen-bond donors (Lipinski definition) is 1. The molecule has 0 aliphatic rings. The van der Waals surface area contributed by atoms with Crippen molar-refractivity contribution in [2.45, 2.75) is 19.3 Å². The number of amides is 2. The zero-order chi connectivity index (χ0) is 9.72. The van der Waals surface area contributed by atoms with E-state index in [0.717, 1.165) is 0 Å². The van der Waals surface area contributed by atoms with Crippen LogP contribution in [0.25, 0.3) is 0 Å². The molecule has 0 rings (SSSR count).